The number of nitrogens with one attached hydrogen (secondary N) is 2. The van der Waals surface area contributed by atoms with Gasteiger partial charge in [-0.15, -0.1) is 0 Å². The van der Waals surface area contributed by atoms with Crippen LogP contribution in [0.15, 0.2) is 66.9 Å². The normalized spacial score (nSPS) is 11.3. The minimum absolute atomic E-state index is 0.0312. The Balaban J connectivity index is 1.33. The Hall–Kier alpha value is -3.22. The second kappa shape index (κ2) is 8.49. The fraction of sp³-hybridized carbons (Fsp3) is 0.125. The Morgan fingerprint density at radius 1 is 1.10 bits per heavy atom. The fourth-order valence-electron chi connectivity index (χ4n) is 3.74. The smallest absolute Gasteiger partial charge is 0.226 e. The fourth-order valence-corrected chi connectivity index (χ4v) is 4.80. The summed E-state index contributed by atoms with van der Waals surface area (Å²) in [6.07, 6.45) is 3.63. The lowest BCUT2D eigenvalue weighted by atomic mass is 10.0. The van der Waals surface area contributed by atoms with Gasteiger partial charge in [-0.3, -0.25) is 9.78 Å². The number of pyridine rings is 1. The minimum Gasteiger partial charge on any atom is -0.353 e. The van der Waals surface area contributed by atoms with Gasteiger partial charge >= 0.3 is 0 Å². The molecule has 0 saturated heterocycles. The summed E-state index contributed by atoms with van der Waals surface area (Å²) in [7, 11) is 0. The van der Waals surface area contributed by atoms with Crippen molar-refractivity contribution >= 4 is 55.1 Å². The number of thiazole rings is 1. The van der Waals surface area contributed by atoms with E-state index in [0.29, 0.717) is 23.0 Å². The number of para-hydroxylation sites is 1. The second-order valence-electron chi connectivity index (χ2n) is 7.27. The molecule has 0 aliphatic rings. The van der Waals surface area contributed by atoms with Gasteiger partial charge in [-0.1, -0.05) is 41.1 Å². The maximum absolute atomic E-state index is 12.5. The van der Waals surface area contributed by atoms with E-state index >= 15 is 0 Å². The van der Waals surface area contributed by atoms with Gasteiger partial charge in [-0.05, 0) is 60.9 Å². The maximum Gasteiger partial charge on any atom is 0.226 e. The summed E-state index contributed by atoms with van der Waals surface area (Å²) in [5, 5.41) is 5.33. The van der Waals surface area contributed by atoms with Crippen LogP contribution in [0.2, 0.25) is 5.02 Å². The van der Waals surface area contributed by atoms with E-state index in [1.807, 2.05) is 60.7 Å². The first-order valence-corrected chi connectivity index (χ1v) is 11.2. The minimum atomic E-state index is -0.0312. The molecule has 5 rings (SSSR count). The highest BCUT2D eigenvalue weighted by Gasteiger charge is 2.15. The lowest BCUT2D eigenvalue weighted by Gasteiger charge is -2.05. The van der Waals surface area contributed by atoms with E-state index in [9.17, 15) is 4.79 Å². The van der Waals surface area contributed by atoms with Crippen molar-refractivity contribution in [2.24, 2.45) is 0 Å². The van der Waals surface area contributed by atoms with Gasteiger partial charge in [-0.25, -0.2) is 4.98 Å². The average Bonchev–Trinajstić information content (AvgIpc) is 3.35. The van der Waals surface area contributed by atoms with Gasteiger partial charge in [0.15, 0.2) is 5.13 Å². The number of benzene rings is 2. The number of carbonyl (C=O) groups is 1. The van der Waals surface area contributed by atoms with Crippen LogP contribution >= 0.6 is 22.9 Å². The Labute approximate surface area is 188 Å². The molecule has 1 amide bonds. The first kappa shape index (κ1) is 19.7. The van der Waals surface area contributed by atoms with Crippen LogP contribution in [0.4, 0.5) is 5.13 Å². The highest BCUT2D eigenvalue weighted by Crippen LogP contribution is 2.32. The van der Waals surface area contributed by atoms with E-state index in [4.69, 9.17) is 11.6 Å². The van der Waals surface area contributed by atoms with E-state index in [2.05, 4.69) is 20.3 Å². The number of anilines is 1. The van der Waals surface area contributed by atoms with Gasteiger partial charge in [0, 0.05) is 28.5 Å². The van der Waals surface area contributed by atoms with Crippen LogP contribution in [0.1, 0.15) is 18.4 Å². The van der Waals surface area contributed by atoms with Crippen molar-refractivity contribution in [3.8, 4) is 11.4 Å². The van der Waals surface area contributed by atoms with Crippen LogP contribution in [0.3, 0.4) is 0 Å². The van der Waals surface area contributed by atoms with Crippen molar-refractivity contribution in [2.45, 2.75) is 19.3 Å². The SMILES string of the molecule is O=C(CCCc1c(-c2ccccn2)[nH]c2ccc(Cl)cc12)Nc1nc2ccccc2s1. The molecular weight excluding hydrogens is 428 g/mol. The molecule has 31 heavy (non-hydrogen) atoms. The van der Waals surface area contributed by atoms with Gasteiger partial charge in [0.2, 0.25) is 5.91 Å². The highest BCUT2D eigenvalue weighted by molar-refractivity contribution is 7.22. The van der Waals surface area contributed by atoms with E-state index in [1.54, 1.807) is 6.20 Å². The number of aryl methyl sites for hydroxylation is 1. The number of amides is 1. The van der Waals surface area contributed by atoms with Gasteiger partial charge in [0.05, 0.1) is 21.6 Å². The molecule has 0 radical (unpaired) electrons. The van der Waals surface area contributed by atoms with Gasteiger partial charge < -0.3 is 10.3 Å². The topological polar surface area (TPSA) is 70.7 Å². The molecule has 0 aliphatic carbocycles. The van der Waals surface area contributed by atoms with Crippen LogP contribution in [0, 0.1) is 0 Å². The molecule has 5 aromatic rings. The zero-order chi connectivity index (χ0) is 21.2. The van der Waals surface area contributed by atoms with Crippen molar-refractivity contribution in [1.29, 1.82) is 0 Å². The Morgan fingerprint density at radius 2 is 1.97 bits per heavy atom. The summed E-state index contributed by atoms with van der Waals surface area (Å²) in [5.74, 6) is -0.0312. The molecule has 154 valence electrons. The molecule has 7 heteroatoms. The molecular formula is C24H19ClN4OS. The summed E-state index contributed by atoms with van der Waals surface area (Å²) in [4.78, 5) is 24.9. The Morgan fingerprint density at radius 3 is 2.81 bits per heavy atom. The third kappa shape index (κ3) is 4.17. The molecule has 5 nitrogen and oxygen atoms in total. The summed E-state index contributed by atoms with van der Waals surface area (Å²) in [6.45, 7) is 0. The first-order valence-electron chi connectivity index (χ1n) is 10.0. The number of nitrogens with zero attached hydrogens (tertiary/aromatic N) is 2. The largest absolute Gasteiger partial charge is 0.353 e. The number of rotatable bonds is 6. The third-order valence-electron chi connectivity index (χ3n) is 5.16. The number of hydrogen-bond donors (Lipinski definition) is 2. The highest BCUT2D eigenvalue weighted by atomic mass is 35.5. The summed E-state index contributed by atoms with van der Waals surface area (Å²) < 4.78 is 1.06. The van der Waals surface area contributed by atoms with Crippen molar-refractivity contribution < 1.29 is 4.79 Å². The van der Waals surface area contributed by atoms with Crippen LogP contribution < -0.4 is 5.32 Å². The average molecular weight is 447 g/mol. The van der Waals surface area contributed by atoms with Crippen LogP contribution in [-0.4, -0.2) is 20.9 Å². The first-order chi connectivity index (χ1) is 15.2. The molecule has 3 aromatic heterocycles. The van der Waals surface area contributed by atoms with E-state index in [0.717, 1.165) is 44.5 Å². The third-order valence-corrected chi connectivity index (χ3v) is 6.35. The lowest BCUT2D eigenvalue weighted by Crippen LogP contribution is -2.11. The summed E-state index contributed by atoms with van der Waals surface area (Å²) >= 11 is 7.74. The second-order valence-corrected chi connectivity index (χ2v) is 8.74. The predicted octanol–water partition coefficient (Wildman–Crippen LogP) is 6.45. The Kier molecular flexibility index (Phi) is 5.40. The molecule has 2 aromatic carbocycles. The van der Waals surface area contributed by atoms with E-state index in [-0.39, 0.29) is 5.91 Å². The van der Waals surface area contributed by atoms with Crippen LogP contribution in [-0.2, 0) is 11.2 Å². The molecule has 0 spiro atoms. The molecule has 0 bridgehead atoms. The van der Waals surface area contributed by atoms with Crippen molar-refractivity contribution in [3.63, 3.8) is 0 Å². The zero-order valence-corrected chi connectivity index (χ0v) is 18.1. The molecule has 0 atom stereocenters. The number of H-pyrrole nitrogens is 1. The van der Waals surface area contributed by atoms with Gasteiger partial charge in [0.1, 0.15) is 0 Å². The number of halogens is 1. The maximum atomic E-state index is 12.5. The molecule has 0 unspecified atom stereocenters. The monoisotopic (exact) mass is 446 g/mol. The molecule has 0 saturated carbocycles. The van der Waals surface area contributed by atoms with E-state index in [1.165, 1.54) is 11.3 Å². The van der Waals surface area contributed by atoms with Gasteiger partial charge in [-0.2, -0.15) is 0 Å². The van der Waals surface area contributed by atoms with Crippen LogP contribution in [0.5, 0.6) is 0 Å². The number of fused-ring (bicyclic) bond motifs is 2. The number of hydrogen-bond acceptors (Lipinski definition) is 4. The summed E-state index contributed by atoms with van der Waals surface area (Å²) in [5.41, 5.74) is 4.90. The Bertz CT molecular complexity index is 1340. The van der Waals surface area contributed by atoms with Crippen molar-refractivity contribution in [2.75, 3.05) is 5.32 Å². The number of aromatic nitrogens is 3. The molecule has 2 N–H and O–H groups in total. The predicted molar refractivity (Wildman–Crippen MR) is 128 cm³/mol. The molecule has 3 heterocycles. The standard InChI is InChI=1S/C24H19ClN4OS/c25-15-11-12-18-17(14-15)16(23(27-18)20-8-3-4-13-26-20)6-5-10-22(30)29-24-28-19-7-1-2-9-21(19)31-24/h1-4,7-9,11-14,27H,5-6,10H2,(H,28,29,30). The zero-order valence-electron chi connectivity index (χ0n) is 16.6. The quantitative estimate of drug-likeness (QED) is 0.314. The van der Waals surface area contributed by atoms with Crippen LogP contribution in [0.25, 0.3) is 32.5 Å². The lowest BCUT2D eigenvalue weighted by molar-refractivity contribution is -0.116. The molecule has 0 fully saturated rings. The van der Waals surface area contributed by atoms with Crippen molar-refractivity contribution in [1.82, 2.24) is 15.0 Å². The number of carbonyl (C=O) groups excluding carboxylic acids is 1. The van der Waals surface area contributed by atoms with Crippen molar-refractivity contribution in [3.05, 3.63) is 77.4 Å². The number of aromatic amines is 1. The summed E-state index contributed by atoms with van der Waals surface area (Å²) in [6, 6.07) is 19.5. The molecule has 0 aliphatic heterocycles. The van der Waals surface area contributed by atoms with E-state index < -0.39 is 0 Å². The van der Waals surface area contributed by atoms with Gasteiger partial charge in [0.25, 0.3) is 0 Å².